The molecular formula is C14H28N2O. The molecule has 17 heavy (non-hydrogen) atoms. The number of hydrogen-bond donors (Lipinski definition) is 1. The third-order valence-corrected chi connectivity index (χ3v) is 3.93. The first kappa shape index (κ1) is 14.5. The van der Waals surface area contributed by atoms with Gasteiger partial charge in [-0.2, -0.15) is 0 Å². The van der Waals surface area contributed by atoms with Crippen molar-refractivity contribution in [1.29, 1.82) is 0 Å². The van der Waals surface area contributed by atoms with Gasteiger partial charge in [-0.3, -0.25) is 4.79 Å². The highest BCUT2D eigenvalue weighted by Crippen LogP contribution is 2.37. The summed E-state index contributed by atoms with van der Waals surface area (Å²) >= 11 is 0. The molecular weight excluding hydrogens is 212 g/mol. The number of nitrogens with zero attached hydrogens (tertiary/aromatic N) is 1. The van der Waals surface area contributed by atoms with Crippen molar-refractivity contribution in [3.8, 4) is 0 Å². The van der Waals surface area contributed by atoms with Crippen LogP contribution in [0, 0.1) is 5.41 Å². The van der Waals surface area contributed by atoms with Crippen molar-refractivity contribution in [3.63, 3.8) is 0 Å². The fourth-order valence-corrected chi connectivity index (χ4v) is 2.92. The standard InChI is InChI=1S/C14H28N2O/c1-3-10-16(11-4-2)13(17)14(12-15)8-6-5-7-9-14/h3-12,15H2,1-2H3. The molecule has 0 unspecified atom stereocenters. The van der Waals surface area contributed by atoms with Gasteiger partial charge in [0.05, 0.1) is 5.41 Å². The molecule has 0 bridgehead atoms. The molecule has 1 amide bonds. The van der Waals surface area contributed by atoms with Gasteiger partial charge in [0.2, 0.25) is 5.91 Å². The molecule has 0 radical (unpaired) electrons. The molecule has 0 aromatic heterocycles. The molecule has 1 rings (SSSR count). The van der Waals surface area contributed by atoms with Crippen molar-refractivity contribution in [1.82, 2.24) is 4.90 Å². The lowest BCUT2D eigenvalue weighted by Gasteiger charge is -2.39. The second-order valence-corrected chi connectivity index (χ2v) is 5.34. The highest BCUT2D eigenvalue weighted by Gasteiger charge is 2.40. The fraction of sp³-hybridized carbons (Fsp3) is 0.929. The Morgan fingerprint density at radius 3 is 2.06 bits per heavy atom. The maximum atomic E-state index is 12.7. The zero-order valence-electron chi connectivity index (χ0n) is 11.5. The average molecular weight is 240 g/mol. The molecule has 2 N–H and O–H groups in total. The minimum absolute atomic E-state index is 0.234. The summed E-state index contributed by atoms with van der Waals surface area (Å²) in [6.07, 6.45) is 7.64. The third kappa shape index (κ3) is 3.44. The lowest BCUT2D eigenvalue weighted by Crippen LogP contribution is -2.49. The van der Waals surface area contributed by atoms with Gasteiger partial charge in [0.15, 0.2) is 0 Å². The van der Waals surface area contributed by atoms with Crippen molar-refractivity contribution in [2.24, 2.45) is 11.1 Å². The molecule has 1 aliphatic carbocycles. The Morgan fingerprint density at radius 2 is 1.65 bits per heavy atom. The quantitative estimate of drug-likeness (QED) is 0.775. The Kier molecular flexibility index (Phi) is 5.96. The van der Waals surface area contributed by atoms with E-state index < -0.39 is 0 Å². The predicted molar refractivity (Wildman–Crippen MR) is 71.7 cm³/mol. The van der Waals surface area contributed by atoms with Gasteiger partial charge in [0.1, 0.15) is 0 Å². The van der Waals surface area contributed by atoms with Crippen LogP contribution in [0.15, 0.2) is 0 Å². The average Bonchev–Trinajstić information content (AvgIpc) is 2.38. The SMILES string of the molecule is CCCN(CCC)C(=O)C1(CN)CCCCC1. The molecule has 0 aromatic carbocycles. The van der Waals surface area contributed by atoms with E-state index in [2.05, 4.69) is 13.8 Å². The van der Waals surface area contributed by atoms with Crippen molar-refractivity contribution in [2.75, 3.05) is 19.6 Å². The van der Waals surface area contributed by atoms with E-state index in [1.54, 1.807) is 0 Å². The zero-order valence-corrected chi connectivity index (χ0v) is 11.5. The van der Waals surface area contributed by atoms with Crippen LogP contribution in [0.5, 0.6) is 0 Å². The lowest BCUT2D eigenvalue weighted by atomic mass is 9.73. The second kappa shape index (κ2) is 7.00. The fourth-order valence-electron chi connectivity index (χ4n) is 2.92. The van der Waals surface area contributed by atoms with Crippen LogP contribution in [0.1, 0.15) is 58.8 Å². The summed E-state index contributed by atoms with van der Waals surface area (Å²) in [5.41, 5.74) is 5.69. The van der Waals surface area contributed by atoms with Crippen LogP contribution < -0.4 is 5.73 Å². The molecule has 0 heterocycles. The summed E-state index contributed by atoms with van der Waals surface area (Å²) in [7, 11) is 0. The molecule has 0 saturated heterocycles. The minimum atomic E-state index is -0.234. The van der Waals surface area contributed by atoms with E-state index in [1.807, 2.05) is 4.90 Å². The van der Waals surface area contributed by atoms with E-state index in [9.17, 15) is 4.79 Å². The summed E-state index contributed by atoms with van der Waals surface area (Å²) in [4.78, 5) is 14.7. The highest BCUT2D eigenvalue weighted by atomic mass is 16.2. The number of carbonyl (C=O) groups excluding carboxylic acids is 1. The smallest absolute Gasteiger partial charge is 0.230 e. The number of carbonyl (C=O) groups is 1. The Morgan fingerprint density at radius 1 is 1.12 bits per heavy atom. The maximum Gasteiger partial charge on any atom is 0.230 e. The van der Waals surface area contributed by atoms with Gasteiger partial charge in [-0.05, 0) is 25.7 Å². The van der Waals surface area contributed by atoms with Crippen molar-refractivity contribution in [3.05, 3.63) is 0 Å². The van der Waals surface area contributed by atoms with E-state index >= 15 is 0 Å². The van der Waals surface area contributed by atoms with E-state index in [0.717, 1.165) is 51.6 Å². The van der Waals surface area contributed by atoms with Crippen molar-refractivity contribution < 1.29 is 4.79 Å². The van der Waals surface area contributed by atoms with E-state index in [0.29, 0.717) is 12.5 Å². The van der Waals surface area contributed by atoms with Gasteiger partial charge in [-0.25, -0.2) is 0 Å². The van der Waals surface area contributed by atoms with E-state index in [1.165, 1.54) is 6.42 Å². The molecule has 0 spiro atoms. The molecule has 100 valence electrons. The minimum Gasteiger partial charge on any atom is -0.342 e. The lowest BCUT2D eigenvalue weighted by molar-refractivity contribution is -0.143. The molecule has 3 nitrogen and oxygen atoms in total. The van der Waals surface area contributed by atoms with Crippen LogP contribution in [0.25, 0.3) is 0 Å². The summed E-state index contributed by atoms with van der Waals surface area (Å²) in [5, 5.41) is 0. The largest absolute Gasteiger partial charge is 0.342 e. The molecule has 0 aliphatic heterocycles. The molecule has 0 atom stereocenters. The third-order valence-electron chi connectivity index (χ3n) is 3.93. The molecule has 1 fully saturated rings. The Hall–Kier alpha value is -0.570. The van der Waals surface area contributed by atoms with Crippen LogP contribution in [0.2, 0.25) is 0 Å². The second-order valence-electron chi connectivity index (χ2n) is 5.34. The van der Waals surface area contributed by atoms with Crippen molar-refractivity contribution in [2.45, 2.75) is 58.8 Å². The number of hydrogen-bond acceptors (Lipinski definition) is 2. The van der Waals surface area contributed by atoms with Gasteiger partial charge < -0.3 is 10.6 Å². The number of rotatable bonds is 6. The Balaban J connectivity index is 2.74. The normalized spacial score (nSPS) is 19.0. The monoisotopic (exact) mass is 240 g/mol. The number of nitrogens with two attached hydrogens (primary N) is 1. The van der Waals surface area contributed by atoms with E-state index in [-0.39, 0.29) is 5.41 Å². The first-order valence-corrected chi connectivity index (χ1v) is 7.19. The molecule has 1 aliphatic rings. The van der Waals surface area contributed by atoms with Gasteiger partial charge >= 0.3 is 0 Å². The van der Waals surface area contributed by atoms with Crippen LogP contribution in [0.4, 0.5) is 0 Å². The summed E-state index contributed by atoms with van der Waals surface area (Å²) in [6.45, 7) is 6.55. The highest BCUT2D eigenvalue weighted by molar-refractivity contribution is 5.83. The summed E-state index contributed by atoms with van der Waals surface area (Å²) in [5.74, 6) is 0.323. The number of amides is 1. The first-order chi connectivity index (χ1) is 8.20. The topological polar surface area (TPSA) is 46.3 Å². The van der Waals surface area contributed by atoms with E-state index in [4.69, 9.17) is 5.73 Å². The zero-order chi connectivity index (χ0) is 12.7. The van der Waals surface area contributed by atoms with Gasteiger partial charge in [-0.1, -0.05) is 33.1 Å². The summed E-state index contributed by atoms with van der Waals surface area (Å²) in [6, 6.07) is 0. The Bertz CT molecular complexity index is 228. The van der Waals surface area contributed by atoms with Gasteiger partial charge in [-0.15, -0.1) is 0 Å². The molecule has 0 aromatic rings. The molecule has 1 saturated carbocycles. The van der Waals surface area contributed by atoms with Crippen LogP contribution in [-0.2, 0) is 4.79 Å². The van der Waals surface area contributed by atoms with Gasteiger partial charge in [0, 0.05) is 19.6 Å². The Labute approximate surface area is 106 Å². The maximum absolute atomic E-state index is 12.7. The van der Waals surface area contributed by atoms with Crippen LogP contribution in [-0.4, -0.2) is 30.4 Å². The van der Waals surface area contributed by atoms with Gasteiger partial charge in [0.25, 0.3) is 0 Å². The van der Waals surface area contributed by atoms with Crippen LogP contribution >= 0.6 is 0 Å². The predicted octanol–water partition coefficient (Wildman–Crippen LogP) is 2.54. The molecule has 3 heteroatoms. The van der Waals surface area contributed by atoms with Crippen molar-refractivity contribution >= 4 is 5.91 Å². The van der Waals surface area contributed by atoms with Crippen LogP contribution in [0.3, 0.4) is 0 Å². The summed E-state index contributed by atoms with van der Waals surface area (Å²) < 4.78 is 0. The first-order valence-electron chi connectivity index (χ1n) is 7.19.